The van der Waals surface area contributed by atoms with Crippen molar-refractivity contribution in [3.8, 4) is 11.1 Å². The molecule has 114 valence electrons. The number of carboxylic acid groups (broad SMARTS) is 1. The van der Waals surface area contributed by atoms with E-state index in [1.807, 2.05) is 16.0 Å². The molecule has 1 atom stereocenters. The molecule has 0 bridgehead atoms. The van der Waals surface area contributed by atoms with Gasteiger partial charge in [-0.3, -0.25) is 4.79 Å². The molecule has 0 amide bonds. The Morgan fingerprint density at radius 1 is 1.32 bits per heavy atom. The maximum absolute atomic E-state index is 10.9. The first-order valence-electron chi connectivity index (χ1n) is 7.49. The minimum absolute atomic E-state index is 0.0566. The molecule has 1 aromatic carbocycles. The van der Waals surface area contributed by atoms with Gasteiger partial charge in [0.15, 0.2) is 0 Å². The lowest BCUT2D eigenvalue weighted by molar-refractivity contribution is -0.136. The molecular weight excluding hydrogens is 294 g/mol. The van der Waals surface area contributed by atoms with Gasteiger partial charge in [0.25, 0.3) is 0 Å². The van der Waals surface area contributed by atoms with Crippen LogP contribution < -0.4 is 0 Å². The highest BCUT2D eigenvalue weighted by atomic mass is 32.1. The number of aliphatic carboxylic acids is 1. The molecule has 0 aliphatic heterocycles. The molecule has 0 aliphatic rings. The Labute approximate surface area is 133 Å². The van der Waals surface area contributed by atoms with Gasteiger partial charge in [-0.05, 0) is 29.5 Å². The molecule has 22 heavy (non-hydrogen) atoms. The van der Waals surface area contributed by atoms with Crippen molar-refractivity contribution in [3.63, 3.8) is 0 Å². The summed E-state index contributed by atoms with van der Waals surface area (Å²) in [7, 11) is 0. The number of aromatic nitrogens is 1. The highest BCUT2D eigenvalue weighted by molar-refractivity contribution is 7.15. The first-order valence-corrected chi connectivity index (χ1v) is 8.37. The quantitative estimate of drug-likeness (QED) is 0.734. The van der Waals surface area contributed by atoms with Crippen molar-refractivity contribution in [2.75, 3.05) is 0 Å². The highest BCUT2D eigenvalue weighted by Gasteiger charge is 2.11. The topological polar surface area (TPSA) is 41.7 Å². The average Bonchev–Trinajstić information content (AvgIpc) is 3.08. The van der Waals surface area contributed by atoms with Crippen LogP contribution in [0.4, 0.5) is 0 Å². The van der Waals surface area contributed by atoms with E-state index in [1.54, 1.807) is 11.3 Å². The van der Waals surface area contributed by atoms with Gasteiger partial charge >= 0.3 is 5.97 Å². The number of carbonyl (C=O) groups is 1. The van der Waals surface area contributed by atoms with E-state index in [-0.39, 0.29) is 6.42 Å². The third-order valence-electron chi connectivity index (χ3n) is 4.14. The maximum Gasteiger partial charge on any atom is 0.309 e. The monoisotopic (exact) mass is 313 g/mol. The van der Waals surface area contributed by atoms with Crippen LogP contribution in [0.25, 0.3) is 16.0 Å². The summed E-state index contributed by atoms with van der Waals surface area (Å²) in [5.41, 5.74) is 4.51. The molecule has 1 N–H and O–H groups in total. The van der Waals surface area contributed by atoms with Gasteiger partial charge in [0.05, 0.1) is 11.3 Å². The molecule has 2 aromatic heterocycles. The molecule has 4 heteroatoms. The minimum Gasteiger partial charge on any atom is -0.481 e. The fourth-order valence-corrected chi connectivity index (χ4v) is 3.58. The Morgan fingerprint density at radius 2 is 2.14 bits per heavy atom. The second kappa shape index (κ2) is 5.97. The zero-order valence-corrected chi connectivity index (χ0v) is 13.6. The number of thiazole rings is 1. The Hall–Kier alpha value is -2.07. The second-order valence-corrected chi connectivity index (χ2v) is 6.56. The van der Waals surface area contributed by atoms with E-state index in [9.17, 15) is 4.79 Å². The van der Waals surface area contributed by atoms with Gasteiger partial charge in [0.1, 0.15) is 0 Å². The fourth-order valence-electron chi connectivity index (χ4n) is 2.64. The summed E-state index contributed by atoms with van der Waals surface area (Å²) in [6.45, 7) is 4.44. The van der Waals surface area contributed by atoms with Crippen LogP contribution in [0, 0.1) is 0 Å². The zero-order valence-electron chi connectivity index (χ0n) is 12.7. The van der Waals surface area contributed by atoms with Crippen LogP contribution in [-0.4, -0.2) is 15.5 Å². The summed E-state index contributed by atoms with van der Waals surface area (Å²) in [6, 6.07) is 10.8. The maximum atomic E-state index is 10.9. The molecule has 2 heterocycles. The van der Waals surface area contributed by atoms with Crippen LogP contribution in [0.2, 0.25) is 0 Å². The molecule has 0 spiro atoms. The van der Waals surface area contributed by atoms with Crippen molar-refractivity contribution in [1.29, 1.82) is 0 Å². The van der Waals surface area contributed by atoms with Gasteiger partial charge < -0.3 is 9.51 Å². The standard InChI is InChI=1S/C18H19NO2S/c1-3-12(2)13-5-4-6-14(7-13)15-8-17-19(10-15)16(11-22-17)9-18(20)21/h4-8,10-12H,3,9H2,1-2H3,(H,20,21). The molecule has 0 saturated carbocycles. The van der Waals surface area contributed by atoms with Gasteiger partial charge in [-0.25, -0.2) is 0 Å². The first-order chi connectivity index (χ1) is 10.6. The highest BCUT2D eigenvalue weighted by Crippen LogP contribution is 2.30. The fraction of sp³-hybridized carbons (Fsp3) is 0.278. The Kier molecular flexibility index (Phi) is 4.03. The number of carboxylic acids is 1. The largest absolute Gasteiger partial charge is 0.481 e. The lowest BCUT2D eigenvalue weighted by Gasteiger charge is -2.10. The number of hydrogen-bond acceptors (Lipinski definition) is 2. The summed E-state index contributed by atoms with van der Waals surface area (Å²) in [5.74, 6) is -0.250. The van der Waals surface area contributed by atoms with Crippen molar-refractivity contribution in [2.45, 2.75) is 32.6 Å². The van der Waals surface area contributed by atoms with Crippen molar-refractivity contribution in [1.82, 2.24) is 4.40 Å². The third-order valence-corrected chi connectivity index (χ3v) is 5.09. The summed E-state index contributed by atoms with van der Waals surface area (Å²) < 4.78 is 1.99. The van der Waals surface area contributed by atoms with Gasteiger partial charge in [-0.1, -0.05) is 38.1 Å². The van der Waals surface area contributed by atoms with E-state index in [4.69, 9.17) is 5.11 Å². The zero-order chi connectivity index (χ0) is 15.7. The van der Waals surface area contributed by atoms with Crippen LogP contribution in [-0.2, 0) is 11.2 Å². The first kappa shape index (κ1) is 14.9. The average molecular weight is 313 g/mol. The number of hydrogen-bond donors (Lipinski definition) is 1. The molecule has 3 rings (SSSR count). The van der Waals surface area contributed by atoms with Crippen LogP contribution in [0.15, 0.2) is 41.9 Å². The summed E-state index contributed by atoms with van der Waals surface area (Å²) >= 11 is 1.59. The lowest BCUT2D eigenvalue weighted by Crippen LogP contribution is -2.02. The lowest BCUT2D eigenvalue weighted by atomic mass is 9.95. The summed E-state index contributed by atoms with van der Waals surface area (Å²) in [5, 5.41) is 10.9. The normalized spacial score (nSPS) is 12.6. The molecule has 3 aromatic rings. The van der Waals surface area contributed by atoms with Gasteiger partial charge in [-0.15, -0.1) is 11.3 Å². The van der Waals surface area contributed by atoms with Crippen LogP contribution in [0.1, 0.15) is 37.4 Å². The number of rotatable bonds is 5. The number of nitrogens with zero attached hydrogens (tertiary/aromatic N) is 1. The van der Waals surface area contributed by atoms with Gasteiger partial charge in [-0.2, -0.15) is 0 Å². The minimum atomic E-state index is -0.797. The summed E-state index contributed by atoms with van der Waals surface area (Å²) in [6.07, 6.45) is 3.22. The van der Waals surface area contributed by atoms with Gasteiger partial charge in [0, 0.05) is 22.8 Å². The van der Waals surface area contributed by atoms with E-state index >= 15 is 0 Å². The molecule has 3 nitrogen and oxygen atoms in total. The van der Waals surface area contributed by atoms with Crippen LogP contribution in [0.3, 0.4) is 0 Å². The molecule has 0 saturated heterocycles. The number of benzene rings is 1. The van der Waals surface area contributed by atoms with E-state index in [0.29, 0.717) is 5.92 Å². The third kappa shape index (κ3) is 2.79. The second-order valence-electron chi connectivity index (χ2n) is 5.67. The van der Waals surface area contributed by atoms with Crippen molar-refractivity contribution < 1.29 is 9.90 Å². The van der Waals surface area contributed by atoms with Gasteiger partial charge in [0.2, 0.25) is 0 Å². The molecular formula is C18H19NO2S. The van der Waals surface area contributed by atoms with Crippen molar-refractivity contribution >= 4 is 22.1 Å². The predicted molar refractivity (Wildman–Crippen MR) is 90.8 cm³/mol. The Morgan fingerprint density at radius 3 is 2.86 bits per heavy atom. The van der Waals surface area contributed by atoms with E-state index < -0.39 is 5.97 Å². The molecule has 1 unspecified atom stereocenters. The SMILES string of the molecule is CCC(C)c1cccc(-c2cc3scc(CC(=O)O)n3c2)c1. The van der Waals surface area contributed by atoms with E-state index in [2.05, 4.69) is 44.2 Å². The predicted octanol–water partition coefficient (Wildman–Crippen LogP) is 4.81. The number of fused-ring (bicyclic) bond motifs is 1. The van der Waals surface area contributed by atoms with Crippen LogP contribution in [0.5, 0.6) is 0 Å². The van der Waals surface area contributed by atoms with Crippen molar-refractivity contribution in [3.05, 3.63) is 53.2 Å². The van der Waals surface area contributed by atoms with Crippen LogP contribution >= 0.6 is 11.3 Å². The van der Waals surface area contributed by atoms with Crippen molar-refractivity contribution in [2.24, 2.45) is 0 Å². The smallest absolute Gasteiger partial charge is 0.309 e. The summed E-state index contributed by atoms with van der Waals surface area (Å²) in [4.78, 5) is 12.0. The Bertz CT molecular complexity index is 815. The Balaban J connectivity index is 2.00. The van der Waals surface area contributed by atoms with E-state index in [1.165, 1.54) is 11.1 Å². The molecule has 0 aliphatic carbocycles. The molecule has 0 radical (unpaired) electrons. The molecule has 0 fully saturated rings. The van der Waals surface area contributed by atoms with E-state index in [0.717, 1.165) is 22.5 Å².